The number of rotatable bonds is 12. The minimum atomic E-state index is -2.55. The summed E-state index contributed by atoms with van der Waals surface area (Å²) >= 11 is 0. The first kappa shape index (κ1) is 21.5. The number of hydrogen-bond acceptors (Lipinski definition) is 4. The number of carbonyl (C=O) groups is 1. The number of unbranched alkanes of at least 4 members (excludes halogenated alkanes) is 1. The maximum atomic E-state index is 13.2. The van der Waals surface area contributed by atoms with Gasteiger partial charge in [-0.15, -0.1) is 0 Å². The fourth-order valence-electron chi connectivity index (χ4n) is 3.59. The maximum absolute atomic E-state index is 13.2. The van der Waals surface area contributed by atoms with Crippen LogP contribution in [0.5, 0.6) is 0 Å². The van der Waals surface area contributed by atoms with Gasteiger partial charge >= 0.3 is 5.97 Å². The van der Waals surface area contributed by atoms with Gasteiger partial charge in [0.15, 0.2) is 0 Å². The van der Waals surface area contributed by atoms with E-state index in [4.69, 9.17) is 5.11 Å². The van der Waals surface area contributed by atoms with Crippen LogP contribution in [0.4, 0.5) is 14.6 Å². The largest absolute Gasteiger partial charge is 0.481 e. The van der Waals surface area contributed by atoms with Gasteiger partial charge in [-0.05, 0) is 56.8 Å². The second-order valence-electron chi connectivity index (χ2n) is 7.32. The summed E-state index contributed by atoms with van der Waals surface area (Å²) in [4.78, 5) is 17.4. The lowest BCUT2D eigenvalue weighted by atomic mass is 9.86. The predicted molar refractivity (Wildman–Crippen MR) is 103 cm³/mol. The van der Waals surface area contributed by atoms with E-state index in [-0.39, 0.29) is 25.3 Å². The van der Waals surface area contributed by atoms with Crippen molar-refractivity contribution < 1.29 is 18.7 Å². The molecule has 0 unspecified atom stereocenters. The summed E-state index contributed by atoms with van der Waals surface area (Å²) in [6.07, 6.45) is 3.98. The maximum Gasteiger partial charge on any atom is 0.303 e. The number of aromatic nitrogens is 1. The minimum Gasteiger partial charge on any atom is -0.481 e. The van der Waals surface area contributed by atoms with Gasteiger partial charge in [-0.2, -0.15) is 0 Å². The third kappa shape index (κ3) is 6.72. The SMILES string of the molecule is CCc1ccc(CCCCN(CCCC(=O)O)C2CC(F)(F)C2)nc1NC. The highest BCUT2D eigenvalue weighted by atomic mass is 19.3. The van der Waals surface area contributed by atoms with Gasteiger partial charge in [-0.25, -0.2) is 13.8 Å². The fourth-order valence-corrected chi connectivity index (χ4v) is 3.59. The molecule has 0 saturated heterocycles. The van der Waals surface area contributed by atoms with Crippen LogP contribution in [0.25, 0.3) is 0 Å². The molecule has 1 heterocycles. The zero-order chi connectivity index (χ0) is 19.9. The number of aryl methyl sites for hydroxylation is 2. The Hall–Kier alpha value is -1.76. The molecule has 27 heavy (non-hydrogen) atoms. The van der Waals surface area contributed by atoms with Crippen LogP contribution in [-0.4, -0.2) is 53.1 Å². The Morgan fingerprint density at radius 1 is 1.30 bits per heavy atom. The van der Waals surface area contributed by atoms with E-state index in [1.165, 1.54) is 5.56 Å². The first-order valence-electron chi connectivity index (χ1n) is 9.85. The van der Waals surface area contributed by atoms with Crippen LogP contribution in [0.2, 0.25) is 0 Å². The van der Waals surface area contributed by atoms with Crippen LogP contribution < -0.4 is 5.32 Å². The Bertz CT molecular complexity index is 617. The lowest BCUT2D eigenvalue weighted by Gasteiger charge is -2.42. The molecule has 1 aliphatic rings. The Kier molecular flexibility index (Phi) is 7.95. The summed E-state index contributed by atoms with van der Waals surface area (Å²) in [5.41, 5.74) is 2.22. The van der Waals surface area contributed by atoms with Gasteiger partial charge < -0.3 is 10.4 Å². The summed E-state index contributed by atoms with van der Waals surface area (Å²) in [7, 11) is 1.87. The number of nitrogens with zero attached hydrogens (tertiary/aromatic N) is 2. The van der Waals surface area contributed by atoms with E-state index in [1.54, 1.807) is 0 Å². The van der Waals surface area contributed by atoms with Crippen molar-refractivity contribution in [2.24, 2.45) is 0 Å². The second kappa shape index (κ2) is 9.97. The molecule has 5 nitrogen and oxygen atoms in total. The zero-order valence-corrected chi connectivity index (χ0v) is 16.3. The van der Waals surface area contributed by atoms with E-state index in [0.717, 1.165) is 43.7 Å². The number of carboxylic acids is 1. The Morgan fingerprint density at radius 2 is 2.00 bits per heavy atom. The molecule has 2 N–H and O–H groups in total. The van der Waals surface area contributed by atoms with Gasteiger partial charge in [-0.1, -0.05) is 13.0 Å². The summed E-state index contributed by atoms with van der Waals surface area (Å²) in [5.74, 6) is -2.47. The molecule has 152 valence electrons. The average Bonchev–Trinajstić information content (AvgIpc) is 2.61. The molecule has 0 amide bonds. The summed E-state index contributed by atoms with van der Waals surface area (Å²) in [5, 5.41) is 11.9. The van der Waals surface area contributed by atoms with Gasteiger partial charge in [0.25, 0.3) is 5.92 Å². The van der Waals surface area contributed by atoms with E-state index in [9.17, 15) is 13.6 Å². The van der Waals surface area contributed by atoms with Crippen LogP contribution in [-0.2, 0) is 17.6 Å². The number of aliphatic carboxylic acids is 1. The second-order valence-corrected chi connectivity index (χ2v) is 7.32. The molecule has 1 aliphatic carbocycles. The average molecular weight is 383 g/mol. The zero-order valence-electron chi connectivity index (χ0n) is 16.3. The molecule has 1 aromatic rings. The number of alkyl halides is 2. The van der Waals surface area contributed by atoms with Crippen LogP contribution in [0.3, 0.4) is 0 Å². The standard InChI is InChI=1S/C20H31F2N3O2/c1-3-15-9-10-16(24-19(15)23-2)7-4-5-11-25(12-6-8-18(26)27)17-13-20(21,22)14-17/h9-10,17H,3-8,11-14H2,1-2H3,(H,23,24)(H,26,27). The lowest BCUT2D eigenvalue weighted by molar-refractivity contribution is -0.138. The molecule has 7 heteroatoms. The van der Waals surface area contributed by atoms with Crippen molar-refractivity contribution in [2.75, 3.05) is 25.5 Å². The molecule has 0 bridgehead atoms. The predicted octanol–water partition coefficient (Wildman–Crippen LogP) is 3.97. The van der Waals surface area contributed by atoms with Crippen LogP contribution >= 0.6 is 0 Å². The number of hydrogen-bond donors (Lipinski definition) is 2. The Labute approximate surface area is 160 Å². The topological polar surface area (TPSA) is 65.5 Å². The molecule has 0 radical (unpaired) electrons. The quantitative estimate of drug-likeness (QED) is 0.535. The highest BCUT2D eigenvalue weighted by Gasteiger charge is 2.47. The summed E-state index contributed by atoms with van der Waals surface area (Å²) < 4.78 is 26.4. The first-order chi connectivity index (χ1) is 12.8. The van der Waals surface area contributed by atoms with Crippen LogP contribution in [0, 0.1) is 0 Å². The molecule has 0 atom stereocenters. The number of halogens is 2. The molecule has 1 saturated carbocycles. The van der Waals surface area contributed by atoms with Gasteiger partial charge in [0.05, 0.1) is 0 Å². The van der Waals surface area contributed by atoms with E-state index in [2.05, 4.69) is 29.4 Å². The van der Waals surface area contributed by atoms with Crippen molar-refractivity contribution in [1.82, 2.24) is 9.88 Å². The van der Waals surface area contributed by atoms with Crippen molar-refractivity contribution in [1.29, 1.82) is 0 Å². The monoisotopic (exact) mass is 383 g/mol. The van der Waals surface area contributed by atoms with Crippen molar-refractivity contribution >= 4 is 11.8 Å². The summed E-state index contributed by atoms with van der Waals surface area (Å²) in [6, 6.07) is 4.03. The minimum absolute atomic E-state index is 0.0834. The highest BCUT2D eigenvalue weighted by Crippen LogP contribution is 2.40. The molecule has 2 rings (SSSR count). The smallest absolute Gasteiger partial charge is 0.303 e. The summed E-state index contributed by atoms with van der Waals surface area (Å²) in [6.45, 7) is 3.40. The van der Waals surface area contributed by atoms with Gasteiger partial charge in [0.2, 0.25) is 0 Å². The van der Waals surface area contributed by atoms with Crippen molar-refractivity contribution in [3.05, 3.63) is 23.4 Å². The van der Waals surface area contributed by atoms with E-state index >= 15 is 0 Å². The number of pyridine rings is 1. The third-order valence-corrected chi connectivity index (χ3v) is 5.20. The normalized spacial score (nSPS) is 16.3. The van der Waals surface area contributed by atoms with Crippen molar-refractivity contribution in [3.8, 4) is 0 Å². The Balaban J connectivity index is 1.79. The highest BCUT2D eigenvalue weighted by molar-refractivity contribution is 5.66. The Morgan fingerprint density at radius 3 is 2.59 bits per heavy atom. The van der Waals surface area contributed by atoms with Crippen molar-refractivity contribution in [3.63, 3.8) is 0 Å². The van der Waals surface area contributed by atoms with Crippen LogP contribution in [0.15, 0.2) is 12.1 Å². The lowest BCUT2D eigenvalue weighted by Crippen LogP contribution is -2.51. The molecular weight excluding hydrogens is 352 g/mol. The fraction of sp³-hybridized carbons (Fsp3) is 0.700. The molecule has 1 aromatic heterocycles. The van der Waals surface area contributed by atoms with Crippen LogP contribution in [0.1, 0.15) is 56.7 Å². The number of nitrogens with one attached hydrogen (secondary N) is 1. The number of anilines is 1. The van der Waals surface area contributed by atoms with E-state index in [1.807, 2.05) is 11.9 Å². The molecule has 0 aromatic carbocycles. The first-order valence-corrected chi connectivity index (χ1v) is 9.85. The van der Waals surface area contributed by atoms with E-state index < -0.39 is 11.9 Å². The van der Waals surface area contributed by atoms with Crippen molar-refractivity contribution in [2.45, 2.75) is 70.3 Å². The molecule has 1 fully saturated rings. The van der Waals surface area contributed by atoms with E-state index in [0.29, 0.717) is 13.0 Å². The molecule has 0 spiro atoms. The van der Waals surface area contributed by atoms with Gasteiger partial charge in [0, 0.05) is 38.0 Å². The molecular formula is C20H31F2N3O2. The van der Waals surface area contributed by atoms with Gasteiger partial charge in [0.1, 0.15) is 5.82 Å². The molecule has 0 aliphatic heterocycles. The van der Waals surface area contributed by atoms with Gasteiger partial charge in [-0.3, -0.25) is 9.69 Å². The third-order valence-electron chi connectivity index (χ3n) is 5.20. The number of carboxylic acid groups (broad SMARTS) is 1.